The number of hydrogen-bond acceptors (Lipinski definition) is 3. The Labute approximate surface area is 107 Å². The number of rotatable bonds is 1. The summed E-state index contributed by atoms with van der Waals surface area (Å²) >= 11 is 0. The van der Waals surface area contributed by atoms with Crippen LogP contribution in [0.3, 0.4) is 0 Å². The summed E-state index contributed by atoms with van der Waals surface area (Å²) in [5.41, 5.74) is 8.19. The van der Waals surface area contributed by atoms with Gasteiger partial charge >= 0.3 is 0 Å². The lowest BCUT2D eigenvalue weighted by Gasteiger charge is -2.35. The van der Waals surface area contributed by atoms with Gasteiger partial charge in [-0.25, -0.2) is 9.97 Å². The summed E-state index contributed by atoms with van der Waals surface area (Å²) in [7, 11) is 2.02. The van der Waals surface area contributed by atoms with Gasteiger partial charge in [0, 0.05) is 13.2 Å². The highest BCUT2D eigenvalue weighted by atomic mass is 15.1. The summed E-state index contributed by atoms with van der Waals surface area (Å²) in [4.78, 5) is 9.10. The largest absolute Gasteiger partial charge is 0.319 e. The zero-order valence-corrected chi connectivity index (χ0v) is 11.1. The van der Waals surface area contributed by atoms with Gasteiger partial charge in [0.1, 0.15) is 11.3 Å². The summed E-state index contributed by atoms with van der Waals surface area (Å²) in [6.07, 6.45) is 6.22. The Kier molecular flexibility index (Phi) is 2.63. The number of aryl methyl sites for hydroxylation is 1. The minimum absolute atomic E-state index is 0.276. The van der Waals surface area contributed by atoms with Crippen LogP contribution < -0.4 is 5.73 Å². The van der Waals surface area contributed by atoms with Gasteiger partial charge in [0.2, 0.25) is 0 Å². The third kappa shape index (κ3) is 1.72. The van der Waals surface area contributed by atoms with Crippen molar-refractivity contribution in [1.82, 2.24) is 14.5 Å². The number of nitrogens with two attached hydrogens (primary N) is 1. The van der Waals surface area contributed by atoms with Crippen molar-refractivity contribution in [3.05, 3.63) is 24.2 Å². The molecule has 0 aliphatic heterocycles. The molecule has 18 heavy (non-hydrogen) atoms. The van der Waals surface area contributed by atoms with Crippen LogP contribution in [0, 0.1) is 5.92 Å². The molecule has 0 amide bonds. The van der Waals surface area contributed by atoms with Crippen LogP contribution in [0.5, 0.6) is 0 Å². The molecule has 1 aliphatic carbocycles. The van der Waals surface area contributed by atoms with Crippen LogP contribution in [0.25, 0.3) is 11.2 Å². The van der Waals surface area contributed by atoms with Crippen molar-refractivity contribution in [1.29, 1.82) is 0 Å². The van der Waals surface area contributed by atoms with Gasteiger partial charge in [0.25, 0.3) is 0 Å². The zero-order chi connectivity index (χ0) is 12.8. The number of fused-ring (bicyclic) bond motifs is 1. The minimum atomic E-state index is -0.276. The van der Waals surface area contributed by atoms with E-state index in [1.54, 1.807) is 6.20 Å². The molecule has 1 fully saturated rings. The van der Waals surface area contributed by atoms with Crippen LogP contribution in [0.15, 0.2) is 18.3 Å². The van der Waals surface area contributed by atoms with E-state index in [0.717, 1.165) is 35.7 Å². The van der Waals surface area contributed by atoms with Crippen molar-refractivity contribution in [2.75, 3.05) is 0 Å². The summed E-state index contributed by atoms with van der Waals surface area (Å²) < 4.78 is 2.06. The number of nitrogens with zero attached hydrogens (tertiary/aromatic N) is 3. The Bertz CT molecular complexity index is 564. The van der Waals surface area contributed by atoms with Crippen molar-refractivity contribution in [3.63, 3.8) is 0 Å². The van der Waals surface area contributed by atoms with Crippen molar-refractivity contribution in [2.45, 2.75) is 38.1 Å². The fraction of sp³-hybridized carbons (Fsp3) is 0.571. The monoisotopic (exact) mass is 244 g/mol. The second-order valence-electron chi connectivity index (χ2n) is 5.68. The Morgan fingerprint density at radius 2 is 2.11 bits per heavy atom. The summed E-state index contributed by atoms with van der Waals surface area (Å²) in [5.74, 6) is 1.78. The van der Waals surface area contributed by atoms with Crippen LogP contribution in [-0.4, -0.2) is 14.5 Å². The van der Waals surface area contributed by atoms with E-state index in [9.17, 15) is 0 Å². The van der Waals surface area contributed by atoms with Crippen LogP contribution in [0.2, 0.25) is 0 Å². The molecule has 0 saturated heterocycles. The van der Waals surface area contributed by atoms with Crippen molar-refractivity contribution >= 4 is 11.2 Å². The molecule has 4 nitrogen and oxygen atoms in total. The van der Waals surface area contributed by atoms with Crippen LogP contribution in [0.4, 0.5) is 0 Å². The number of aromatic nitrogens is 3. The highest BCUT2D eigenvalue weighted by Crippen LogP contribution is 2.37. The van der Waals surface area contributed by atoms with Crippen LogP contribution in [-0.2, 0) is 12.6 Å². The second-order valence-corrected chi connectivity index (χ2v) is 5.68. The smallest absolute Gasteiger partial charge is 0.159 e. The Hall–Kier alpha value is -1.42. The van der Waals surface area contributed by atoms with Gasteiger partial charge in [-0.15, -0.1) is 0 Å². The van der Waals surface area contributed by atoms with Crippen molar-refractivity contribution < 1.29 is 0 Å². The summed E-state index contributed by atoms with van der Waals surface area (Å²) in [6.45, 7) is 2.30. The molecule has 0 aromatic carbocycles. The third-order valence-corrected chi connectivity index (χ3v) is 4.24. The molecule has 0 spiro atoms. The maximum Gasteiger partial charge on any atom is 0.159 e. The molecule has 96 valence electrons. The molecule has 1 aliphatic rings. The number of imidazole rings is 1. The van der Waals surface area contributed by atoms with E-state index in [1.165, 1.54) is 12.8 Å². The van der Waals surface area contributed by atoms with Gasteiger partial charge in [0.15, 0.2) is 5.65 Å². The van der Waals surface area contributed by atoms with E-state index in [4.69, 9.17) is 10.7 Å². The van der Waals surface area contributed by atoms with Crippen LogP contribution >= 0.6 is 0 Å². The number of hydrogen-bond donors (Lipinski definition) is 1. The molecule has 0 atom stereocenters. The molecule has 2 aromatic heterocycles. The third-order valence-electron chi connectivity index (χ3n) is 4.24. The first-order valence-corrected chi connectivity index (χ1v) is 6.67. The average molecular weight is 244 g/mol. The van der Waals surface area contributed by atoms with E-state index in [1.807, 2.05) is 19.2 Å². The van der Waals surface area contributed by atoms with E-state index in [0.29, 0.717) is 0 Å². The molecule has 2 N–H and O–H groups in total. The van der Waals surface area contributed by atoms with Gasteiger partial charge < -0.3 is 10.3 Å². The summed E-state index contributed by atoms with van der Waals surface area (Å²) in [6, 6.07) is 3.92. The van der Waals surface area contributed by atoms with Gasteiger partial charge in [-0.2, -0.15) is 0 Å². The fourth-order valence-corrected chi connectivity index (χ4v) is 2.97. The summed E-state index contributed by atoms with van der Waals surface area (Å²) in [5, 5.41) is 0. The number of pyridine rings is 1. The van der Waals surface area contributed by atoms with Crippen molar-refractivity contribution in [2.24, 2.45) is 18.7 Å². The Morgan fingerprint density at radius 3 is 2.78 bits per heavy atom. The highest BCUT2D eigenvalue weighted by molar-refractivity contribution is 5.71. The molecule has 0 radical (unpaired) electrons. The standard InChI is InChI=1S/C14H20N4/c1-10-5-7-14(15,8-6-10)13-17-11-4-3-9-16-12(11)18(13)2/h3-4,9-10H,5-8,15H2,1-2H3. The van der Waals surface area contributed by atoms with Gasteiger partial charge in [-0.1, -0.05) is 6.92 Å². The highest BCUT2D eigenvalue weighted by Gasteiger charge is 2.35. The topological polar surface area (TPSA) is 56.7 Å². The maximum atomic E-state index is 6.60. The minimum Gasteiger partial charge on any atom is -0.319 e. The van der Waals surface area contributed by atoms with E-state index in [-0.39, 0.29) is 5.54 Å². The lowest BCUT2D eigenvalue weighted by Crippen LogP contribution is -2.42. The van der Waals surface area contributed by atoms with Gasteiger partial charge in [0.05, 0.1) is 5.54 Å². The first-order valence-electron chi connectivity index (χ1n) is 6.67. The quantitative estimate of drug-likeness (QED) is 0.837. The van der Waals surface area contributed by atoms with Gasteiger partial charge in [-0.05, 0) is 43.7 Å². The van der Waals surface area contributed by atoms with E-state index < -0.39 is 0 Å². The molecule has 2 heterocycles. The average Bonchev–Trinajstić information content (AvgIpc) is 2.72. The maximum absolute atomic E-state index is 6.60. The predicted molar refractivity (Wildman–Crippen MR) is 72.0 cm³/mol. The first-order chi connectivity index (χ1) is 8.60. The van der Waals surface area contributed by atoms with E-state index >= 15 is 0 Å². The fourth-order valence-electron chi connectivity index (χ4n) is 2.97. The normalized spacial score (nSPS) is 28.7. The predicted octanol–water partition coefficient (Wildman–Crippen LogP) is 2.33. The lowest BCUT2D eigenvalue weighted by atomic mass is 9.77. The molecule has 2 aromatic rings. The molecular weight excluding hydrogens is 224 g/mol. The molecule has 1 saturated carbocycles. The van der Waals surface area contributed by atoms with Crippen LogP contribution in [0.1, 0.15) is 38.4 Å². The molecule has 3 rings (SSSR count). The SMILES string of the molecule is CC1CCC(N)(c2nc3cccnc3n2C)CC1. The first kappa shape index (κ1) is 11.7. The molecule has 0 unspecified atom stereocenters. The Morgan fingerprint density at radius 1 is 1.39 bits per heavy atom. The zero-order valence-electron chi connectivity index (χ0n) is 11.1. The molecule has 4 heteroatoms. The van der Waals surface area contributed by atoms with Gasteiger partial charge in [-0.3, -0.25) is 0 Å². The molecular formula is C14H20N4. The van der Waals surface area contributed by atoms with E-state index in [2.05, 4.69) is 16.5 Å². The lowest BCUT2D eigenvalue weighted by molar-refractivity contribution is 0.233. The van der Waals surface area contributed by atoms with Crippen molar-refractivity contribution in [3.8, 4) is 0 Å². The molecule has 0 bridgehead atoms. The second kappa shape index (κ2) is 4.05. The Balaban J connectivity index is 2.06.